The number of hydrogen-bond donors (Lipinski definition) is 3. The summed E-state index contributed by atoms with van der Waals surface area (Å²) in [7, 11) is 0. The second-order valence-electron chi connectivity index (χ2n) is 3.27. The van der Waals surface area contributed by atoms with Gasteiger partial charge in [0.1, 0.15) is 0 Å². The van der Waals surface area contributed by atoms with Gasteiger partial charge in [0.05, 0.1) is 0 Å². The first kappa shape index (κ1) is 9.32. The fraction of sp³-hybridized carbons (Fsp3) is 0.875. The van der Waals surface area contributed by atoms with Crippen LogP contribution in [0.1, 0.15) is 26.7 Å². The molecule has 0 heterocycles. The highest BCUT2D eigenvalue weighted by Gasteiger charge is 2.26. The maximum Gasteiger partial charge on any atom is 0.205 e. The maximum atomic E-state index is 5.29. The Morgan fingerprint density at radius 1 is 1.58 bits per heavy atom. The van der Waals surface area contributed by atoms with Crippen LogP contribution < -0.4 is 16.6 Å². The van der Waals surface area contributed by atoms with Crippen molar-refractivity contribution < 1.29 is 0 Å². The number of nitrogens with one attached hydrogen (secondary N) is 2. The van der Waals surface area contributed by atoms with Gasteiger partial charge in [-0.3, -0.25) is 10.4 Å². The van der Waals surface area contributed by atoms with E-state index >= 15 is 0 Å². The Labute approximate surface area is 73.6 Å². The molecule has 4 heteroatoms. The first-order valence-electron chi connectivity index (χ1n) is 4.55. The van der Waals surface area contributed by atoms with Crippen molar-refractivity contribution >= 4 is 5.96 Å². The van der Waals surface area contributed by atoms with Gasteiger partial charge in [0, 0.05) is 12.6 Å². The molecule has 2 unspecified atom stereocenters. The number of aliphatic imine (C=N–C) groups is 1. The molecule has 12 heavy (non-hydrogen) atoms. The normalized spacial score (nSPS) is 29.4. The molecule has 0 aromatic carbocycles. The molecule has 0 saturated heterocycles. The van der Waals surface area contributed by atoms with Crippen LogP contribution in [-0.4, -0.2) is 18.5 Å². The highest BCUT2D eigenvalue weighted by atomic mass is 15.3. The van der Waals surface area contributed by atoms with Crippen molar-refractivity contribution in [1.82, 2.24) is 10.7 Å². The van der Waals surface area contributed by atoms with Gasteiger partial charge in [0.15, 0.2) is 0 Å². The minimum atomic E-state index is 0.561. The van der Waals surface area contributed by atoms with Crippen molar-refractivity contribution in [2.24, 2.45) is 16.8 Å². The molecule has 4 N–H and O–H groups in total. The van der Waals surface area contributed by atoms with E-state index in [0.717, 1.165) is 12.5 Å². The summed E-state index contributed by atoms with van der Waals surface area (Å²) in [5, 5.41) is 3.27. The molecule has 70 valence electrons. The number of nitrogens with two attached hydrogens (primary N) is 1. The molecule has 1 rings (SSSR count). The number of nitrogens with zero attached hydrogens (tertiary/aromatic N) is 1. The fourth-order valence-electron chi connectivity index (χ4n) is 1.35. The van der Waals surface area contributed by atoms with E-state index in [0.29, 0.717) is 12.0 Å². The van der Waals surface area contributed by atoms with Crippen LogP contribution in [0.15, 0.2) is 4.99 Å². The summed E-state index contributed by atoms with van der Waals surface area (Å²) in [5.74, 6) is 6.76. The number of rotatable bonds is 2. The number of hydrogen-bond acceptors (Lipinski definition) is 2. The molecule has 0 spiro atoms. The summed E-state index contributed by atoms with van der Waals surface area (Å²) < 4.78 is 0. The molecule has 0 aliphatic heterocycles. The van der Waals surface area contributed by atoms with Gasteiger partial charge in [0.2, 0.25) is 5.96 Å². The van der Waals surface area contributed by atoms with Gasteiger partial charge in [-0.2, -0.15) is 0 Å². The third-order valence-electron chi connectivity index (χ3n) is 2.39. The molecule has 1 aliphatic rings. The summed E-state index contributed by atoms with van der Waals surface area (Å²) in [5.41, 5.74) is 2.56. The second-order valence-corrected chi connectivity index (χ2v) is 3.27. The van der Waals surface area contributed by atoms with Crippen molar-refractivity contribution in [3.8, 4) is 0 Å². The zero-order valence-electron chi connectivity index (χ0n) is 7.80. The summed E-state index contributed by atoms with van der Waals surface area (Å²) >= 11 is 0. The fourth-order valence-corrected chi connectivity index (χ4v) is 1.35. The highest BCUT2D eigenvalue weighted by Crippen LogP contribution is 2.25. The number of hydrazine groups is 1. The summed E-state index contributed by atoms with van der Waals surface area (Å²) in [6.07, 6.45) is 2.53. The van der Waals surface area contributed by atoms with Crippen LogP contribution in [-0.2, 0) is 0 Å². The number of guanidine groups is 1. The lowest BCUT2D eigenvalue weighted by molar-refractivity contribution is 0.256. The molecule has 1 fully saturated rings. The predicted molar refractivity (Wildman–Crippen MR) is 50.6 cm³/mol. The van der Waals surface area contributed by atoms with Crippen LogP contribution in [0, 0.1) is 5.92 Å². The lowest BCUT2D eigenvalue weighted by Crippen LogP contribution is -2.52. The first-order chi connectivity index (χ1) is 5.77. The lowest BCUT2D eigenvalue weighted by Gasteiger charge is -2.35. The van der Waals surface area contributed by atoms with Crippen LogP contribution in [0.5, 0.6) is 0 Å². The Morgan fingerprint density at radius 2 is 2.33 bits per heavy atom. The van der Waals surface area contributed by atoms with Gasteiger partial charge in [-0.05, 0) is 25.7 Å². The van der Waals surface area contributed by atoms with E-state index in [4.69, 9.17) is 5.84 Å². The molecule has 4 nitrogen and oxygen atoms in total. The predicted octanol–water partition coefficient (Wildman–Crippen LogP) is 0.214. The molecule has 1 saturated carbocycles. The van der Waals surface area contributed by atoms with E-state index in [9.17, 15) is 0 Å². The van der Waals surface area contributed by atoms with E-state index < -0.39 is 0 Å². The molecule has 0 amide bonds. The quantitative estimate of drug-likeness (QED) is 0.240. The van der Waals surface area contributed by atoms with Crippen molar-refractivity contribution in [2.75, 3.05) is 6.54 Å². The van der Waals surface area contributed by atoms with Crippen molar-refractivity contribution in [3.63, 3.8) is 0 Å². The summed E-state index contributed by atoms with van der Waals surface area (Å²) in [6, 6.07) is 0.561. The smallest absolute Gasteiger partial charge is 0.205 e. The van der Waals surface area contributed by atoms with Crippen LogP contribution in [0.25, 0.3) is 0 Å². The Balaban J connectivity index is 2.32. The average Bonchev–Trinajstić information content (AvgIpc) is 2.09. The molecular weight excluding hydrogens is 152 g/mol. The molecule has 1 aliphatic carbocycles. The van der Waals surface area contributed by atoms with Gasteiger partial charge < -0.3 is 5.32 Å². The highest BCUT2D eigenvalue weighted by molar-refractivity contribution is 5.79. The Hall–Kier alpha value is -0.770. The van der Waals surface area contributed by atoms with Crippen molar-refractivity contribution in [2.45, 2.75) is 32.7 Å². The Kier molecular flexibility index (Phi) is 3.34. The molecule has 0 radical (unpaired) electrons. The van der Waals surface area contributed by atoms with Gasteiger partial charge in [-0.25, -0.2) is 5.84 Å². The Bertz CT molecular complexity index is 166. The monoisotopic (exact) mass is 170 g/mol. The van der Waals surface area contributed by atoms with E-state index in [1.54, 1.807) is 0 Å². The lowest BCUT2D eigenvalue weighted by atomic mass is 9.81. The SMILES string of the molecule is CCN=C(NN)NC1CCC1C. The van der Waals surface area contributed by atoms with Crippen LogP contribution in [0.2, 0.25) is 0 Å². The summed E-state index contributed by atoms with van der Waals surface area (Å²) in [4.78, 5) is 4.17. The molecule has 0 aromatic rings. The van der Waals surface area contributed by atoms with Crippen LogP contribution in [0.3, 0.4) is 0 Å². The van der Waals surface area contributed by atoms with Gasteiger partial charge in [-0.1, -0.05) is 6.92 Å². The second kappa shape index (κ2) is 4.30. The van der Waals surface area contributed by atoms with Crippen molar-refractivity contribution in [1.29, 1.82) is 0 Å². The molecule has 0 bridgehead atoms. The Morgan fingerprint density at radius 3 is 2.67 bits per heavy atom. The largest absolute Gasteiger partial charge is 0.352 e. The zero-order valence-corrected chi connectivity index (χ0v) is 7.80. The third kappa shape index (κ3) is 2.11. The minimum Gasteiger partial charge on any atom is -0.352 e. The van der Waals surface area contributed by atoms with Gasteiger partial charge in [0.25, 0.3) is 0 Å². The van der Waals surface area contributed by atoms with E-state index in [1.165, 1.54) is 12.8 Å². The maximum absolute atomic E-state index is 5.29. The zero-order chi connectivity index (χ0) is 8.97. The van der Waals surface area contributed by atoms with E-state index in [1.807, 2.05) is 6.92 Å². The van der Waals surface area contributed by atoms with E-state index in [-0.39, 0.29) is 0 Å². The topological polar surface area (TPSA) is 62.4 Å². The first-order valence-corrected chi connectivity index (χ1v) is 4.55. The van der Waals surface area contributed by atoms with Gasteiger partial charge in [-0.15, -0.1) is 0 Å². The van der Waals surface area contributed by atoms with E-state index in [2.05, 4.69) is 22.7 Å². The standard InChI is InChI=1S/C8H18N4/c1-3-10-8(12-9)11-7-5-4-6(7)2/h6-7H,3-5,9H2,1-2H3,(H2,10,11,12). The molecule has 2 atom stereocenters. The third-order valence-corrected chi connectivity index (χ3v) is 2.39. The van der Waals surface area contributed by atoms with Crippen molar-refractivity contribution in [3.05, 3.63) is 0 Å². The summed E-state index contributed by atoms with van der Waals surface area (Å²) in [6.45, 7) is 4.98. The van der Waals surface area contributed by atoms with Gasteiger partial charge >= 0.3 is 0 Å². The average molecular weight is 170 g/mol. The van der Waals surface area contributed by atoms with Crippen LogP contribution >= 0.6 is 0 Å². The molecular formula is C8H18N4. The molecule has 0 aromatic heterocycles. The minimum absolute atomic E-state index is 0.561. The van der Waals surface area contributed by atoms with Crippen LogP contribution in [0.4, 0.5) is 0 Å².